The number of H-pyrrole nitrogens is 1. The number of para-hydroxylation sites is 1. The molecule has 0 aliphatic rings. The van der Waals surface area contributed by atoms with Gasteiger partial charge < -0.3 is 4.74 Å². The van der Waals surface area contributed by atoms with Gasteiger partial charge in [-0.25, -0.2) is 0 Å². The SMILES string of the molecule is Cc1[nH]n(C)c(=O)c1C(=O)c1ccc2nccc(Oc3ccccc3C(F)(F)F)c2c1. The van der Waals surface area contributed by atoms with Crippen molar-refractivity contribution in [1.82, 2.24) is 14.8 Å². The number of aromatic amines is 1. The van der Waals surface area contributed by atoms with Gasteiger partial charge in [0.05, 0.1) is 11.1 Å². The molecule has 0 spiro atoms. The Morgan fingerprint density at radius 2 is 1.84 bits per heavy atom. The average molecular weight is 427 g/mol. The molecular formula is C22H16F3N3O3. The molecule has 0 aliphatic carbocycles. The highest BCUT2D eigenvalue weighted by Crippen LogP contribution is 2.39. The number of aromatic nitrogens is 3. The number of rotatable bonds is 4. The highest BCUT2D eigenvalue weighted by molar-refractivity contribution is 6.11. The zero-order chi connectivity index (χ0) is 22.3. The van der Waals surface area contributed by atoms with E-state index in [0.29, 0.717) is 16.6 Å². The van der Waals surface area contributed by atoms with E-state index in [0.717, 1.165) is 6.07 Å². The Morgan fingerprint density at radius 1 is 1.10 bits per heavy atom. The van der Waals surface area contributed by atoms with Crippen molar-refractivity contribution in [3.8, 4) is 11.5 Å². The minimum absolute atomic E-state index is 0.00405. The smallest absolute Gasteiger partial charge is 0.419 e. The molecule has 2 heterocycles. The van der Waals surface area contributed by atoms with Crippen LogP contribution in [0.15, 0.2) is 59.5 Å². The third-order valence-corrected chi connectivity index (χ3v) is 4.83. The highest BCUT2D eigenvalue weighted by Gasteiger charge is 2.34. The molecule has 0 unspecified atom stereocenters. The van der Waals surface area contributed by atoms with Gasteiger partial charge in [-0.15, -0.1) is 0 Å². The summed E-state index contributed by atoms with van der Waals surface area (Å²) in [5.41, 5.74) is -0.357. The number of hydrogen-bond donors (Lipinski definition) is 1. The Labute approximate surface area is 173 Å². The van der Waals surface area contributed by atoms with Crippen molar-refractivity contribution >= 4 is 16.7 Å². The molecule has 4 aromatic rings. The number of ether oxygens (including phenoxy) is 1. The topological polar surface area (TPSA) is 77.0 Å². The second-order valence-corrected chi connectivity index (χ2v) is 6.94. The summed E-state index contributed by atoms with van der Waals surface area (Å²) >= 11 is 0. The van der Waals surface area contributed by atoms with Gasteiger partial charge in [-0.3, -0.25) is 24.4 Å². The summed E-state index contributed by atoms with van der Waals surface area (Å²) in [5.74, 6) is -0.767. The van der Waals surface area contributed by atoms with Crippen molar-refractivity contribution in [1.29, 1.82) is 0 Å². The summed E-state index contributed by atoms with van der Waals surface area (Å²) < 4.78 is 46.8. The summed E-state index contributed by atoms with van der Waals surface area (Å²) in [6.07, 6.45) is -3.19. The maximum absolute atomic E-state index is 13.3. The van der Waals surface area contributed by atoms with Crippen LogP contribution in [0.1, 0.15) is 27.2 Å². The molecule has 0 aliphatic heterocycles. The molecule has 31 heavy (non-hydrogen) atoms. The summed E-state index contributed by atoms with van der Waals surface area (Å²) in [4.78, 5) is 29.4. The van der Waals surface area contributed by atoms with Crippen LogP contribution in [0, 0.1) is 6.92 Å². The third kappa shape index (κ3) is 3.70. The van der Waals surface area contributed by atoms with Crippen molar-refractivity contribution in [3.05, 3.63) is 87.5 Å². The number of benzene rings is 2. The Hall–Kier alpha value is -3.88. The van der Waals surface area contributed by atoms with E-state index in [4.69, 9.17) is 4.74 Å². The first-order valence-electron chi connectivity index (χ1n) is 9.20. The molecule has 0 fully saturated rings. The van der Waals surface area contributed by atoms with Crippen molar-refractivity contribution in [2.75, 3.05) is 0 Å². The molecule has 0 bridgehead atoms. The van der Waals surface area contributed by atoms with E-state index < -0.39 is 23.1 Å². The predicted octanol–water partition coefficient (Wildman–Crippen LogP) is 4.61. The monoisotopic (exact) mass is 427 g/mol. The van der Waals surface area contributed by atoms with Crippen LogP contribution in [-0.4, -0.2) is 20.5 Å². The standard InChI is InChI=1S/C22H16F3N3O3/c1-12-19(21(30)28(2)27-12)20(29)13-7-8-16-14(11-13)17(9-10-26-16)31-18-6-4-3-5-15(18)22(23,24)25/h3-11,27H,1-2H3. The van der Waals surface area contributed by atoms with Crippen LogP contribution in [-0.2, 0) is 13.2 Å². The largest absolute Gasteiger partial charge is 0.456 e. The highest BCUT2D eigenvalue weighted by atomic mass is 19.4. The van der Waals surface area contributed by atoms with Crippen molar-refractivity contribution < 1.29 is 22.7 Å². The first-order valence-corrected chi connectivity index (χ1v) is 9.20. The van der Waals surface area contributed by atoms with Crippen LogP contribution in [0.4, 0.5) is 13.2 Å². The molecule has 6 nitrogen and oxygen atoms in total. The number of fused-ring (bicyclic) bond motifs is 1. The Balaban J connectivity index is 1.81. The molecule has 0 saturated heterocycles. The third-order valence-electron chi connectivity index (χ3n) is 4.83. The molecule has 158 valence electrons. The summed E-state index contributed by atoms with van der Waals surface area (Å²) in [6.45, 7) is 1.61. The van der Waals surface area contributed by atoms with E-state index in [-0.39, 0.29) is 22.6 Å². The fourth-order valence-electron chi connectivity index (χ4n) is 3.36. The number of pyridine rings is 1. The number of carbonyl (C=O) groups is 1. The Bertz CT molecular complexity index is 1370. The van der Waals surface area contributed by atoms with E-state index in [1.807, 2.05) is 0 Å². The molecule has 0 radical (unpaired) electrons. The zero-order valence-electron chi connectivity index (χ0n) is 16.4. The van der Waals surface area contributed by atoms with Crippen LogP contribution in [0.2, 0.25) is 0 Å². The van der Waals surface area contributed by atoms with Crippen molar-refractivity contribution in [2.24, 2.45) is 7.05 Å². The van der Waals surface area contributed by atoms with E-state index in [1.165, 1.54) is 54.3 Å². The van der Waals surface area contributed by atoms with Gasteiger partial charge in [-0.1, -0.05) is 12.1 Å². The maximum atomic E-state index is 13.3. The van der Waals surface area contributed by atoms with E-state index in [9.17, 15) is 22.8 Å². The van der Waals surface area contributed by atoms with Gasteiger partial charge in [0, 0.05) is 29.9 Å². The van der Waals surface area contributed by atoms with Gasteiger partial charge in [0.25, 0.3) is 5.56 Å². The number of halogens is 3. The number of nitrogens with one attached hydrogen (secondary N) is 1. The van der Waals surface area contributed by atoms with Crippen LogP contribution in [0.25, 0.3) is 10.9 Å². The zero-order valence-corrected chi connectivity index (χ0v) is 16.4. The molecule has 0 atom stereocenters. The van der Waals surface area contributed by atoms with Crippen molar-refractivity contribution in [3.63, 3.8) is 0 Å². The fourth-order valence-corrected chi connectivity index (χ4v) is 3.36. The molecule has 0 amide bonds. The lowest BCUT2D eigenvalue weighted by Gasteiger charge is -2.14. The Morgan fingerprint density at radius 3 is 2.52 bits per heavy atom. The van der Waals surface area contributed by atoms with Crippen LogP contribution < -0.4 is 10.3 Å². The van der Waals surface area contributed by atoms with Gasteiger partial charge >= 0.3 is 6.18 Å². The molecule has 2 aromatic carbocycles. The number of aryl methyl sites for hydroxylation is 2. The average Bonchev–Trinajstić information content (AvgIpc) is 2.98. The molecule has 1 N–H and O–H groups in total. The van der Waals surface area contributed by atoms with E-state index >= 15 is 0 Å². The lowest BCUT2D eigenvalue weighted by molar-refractivity contribution is -0.138. The minimum atomic E-state index is -4.59. The van der Waals surface area contributed by atoms with Gasteiger partial charge in [0.1, 0.15) is 17.1 Å². The quantitative estimate of drug-likeness (QED) is 0.483. The lowest BCUT2D eigenvalue weighted by Crippen LogP contribution is -2.19. The second kappa shape index (κ2) is 7.42. The van der Waals surface area contributed by atoms with Gasteiger partial charge in [-0.2, -0.15) is 13.2 Å². The normalized spacial score (nSPS) is 11.6. The van der Waals surface area contributed by atoms with Crippen LogP contribution in [0.5, 0.6) is 11.5 Å². The molecule has 2 aromatic heterocycles. The van der Waals surface area contributed by atoms with Gasteiger partial charge in [0.2, 0.25) is 0 Å². The molecule has 4 rings (SSSR count). The number of alkyl halides is 3. The lowest BCUT2D eigenvalue weighted by atomic mass is 10.0. The predicted molar refractivity (Wildman–Crippen MR) is 107 cm³/mol. The number of carbonyl (C=O) groups excluding carboxylic acids is 1. The summed E-state index contributed by atoms with van der Waals surface area (Å²) in [7, 11) is 1.50. The number of hydrogen-bond acceptors (Lipinski definition) is 4. The molecule has 0 saturated carbocycles. The first-order chi connectivity index (χ1) is 14.7. The fraction of sp³-hybridized carbons (Fsp3) is 0.136. The molecule has 9 heteroatoms. The van der Waals surface area contributed by atoms with Gasteiger partial charge in [-0.05, 0) is 43.3 Å². The van der Waals surface area contributed by atoms with Crippen LogP contribution >= 0.6 is 0 Å². The molecular weight excluding hydrogens is 411 g/mol. The summed E-state index contributed by atoms with van der Waals surface area (Å²) in [5, 5.41) is 3.11. The second-order valence-electron chi connectivity index (χ2n) is 6.94. The van der Waals surface area contributed by atoms with Crippen molar-refractivity contribution in [2.45, 2.75) is 13.1 Å². The number of nitrogens with zero attached hydrogens (tertiary/aromatic N) is 2. The summed E-state index contributed by atoms with van der Waals surface area (Å²) in [6, 6.07) is 10.8. The van der Waals surface area contributed by atoms with Crippen LogP contribution in [0.3, 0.4) is 0 Å². The van der Waals surface area contributed by atoms with Gasteiger partial charge in [0.15, 0.2) is 5.78 Å². The van der Waals surface area contributed by atoms with E-state index in [2.05, 4.69) is 10.1 Å². The maximum Gasteiger partial charge on any atom is 0.419 e. The Kier molecular flexibility index (Phi) is 4.88. The first kappa shape index (κ1) is 20.4. The number of ketones is 1. The minimum Gasteiger partial charge on any atom is -0.456 e. The van der Waals surface area contributed by atoms with E-state index in [1.54, 1.807) is 13.0 Å².